The number of imidazole rings is 1. The van der Waals surface area contributed by atoms with Crippen LogP contribution in [0.5, 0.6) is 0 Å². The van der Waals surface area contributed by atoms with Gasteiger partial charge in [0.15, 0.2) is 0 Å². The smallest absolute Gasteiger partial charge is 0.207 e. The third kappa shape index (κ3) is 2.53. The van der Waals surface area contributed by atoms with Crippen molar-refractivity contribution in [3.8, 4) is 5.69 Å². The van der Waals surface area contributed by atoms with E-state index >= 15 is 0 Å². The van der Waals surface area contributed by atoms with E-state index in [0.717, 1.165) is 22.9 Å². The summed E-state index contributed by atoms with van der Waals surface area (Å²) in [5.41, 5.74) is 2.77. The summed E-state index contributed by atoms with van der Waals surface area (Å²) in [5, 5.41) is 3.29. The van der Waals surface area contributed by atoms with Crippen molar-refractivity contribution in [2.24, 2.45) is 0 Å². The van der Waals surface area contributed by atoms with Crippen molar-refractivity contribution in [1.82, 2.24) is 9.55 Å². The Hall–Kier alpha value is -1.84. The van der Waals surface area contributed by atoms with Crippen LogP contribution in [0.4, 0.5) is 10.3 Å². The van der Waals surface area contributed by atoms with Crippen LogP contribution in [0.1, 0.15) is 25.1 Å². The molecule has 0 spiro atoms. The van der Waals surface area contributed by atoms with Gasteiger partial charge in [-0.25, -0.2) is 9.37 Å². The summed E-state index contributed by atoms with van der Waals surface area (Å²) in [4.78, 5) is 4.45. The van der Waals surface area contributed by atoms with Gasteiger partial charge in [0.05, 0.1) is 11.4 Å². The Bertz CT molecular complexity index is 558. The molecule has 18 heavy (non-hydrogen) atoms. The molecule has 0 aliphatic carbocycles. The first-order valence-electron chi connectivity index (χ1n) is 6.06. The number of rotatable bonds is 3. The van der Waals surface area contributed by atoms with Crippen LogP contribution < -0.4 is 5.32 Å². The number of aromatic nitrogens is 2. The van der Waals surface area contributed by atoms with Gasteiger partial charge in [0, 0.05) is 12.2 Å². The standard InChI is InChI=1S/C14H18FN3/c1-9(2)16-14-17-11(4)8-18(14)13-6-5-12(15)7-10(13)3/h5-9H,1-4H3,(H,16,17). The monoisotopic (exact) mass is 247 g/mol. The Kier molecular flexibility index (Phi) is 3.36. The third-order valence-electron chi connectivity index (χ3n) is 2.66. The average Bonchev–Trinajstić information content (AvgIpc) is 2.58. The minimum Gasteiger partial charge on any atom is -0.353 e. The highest BCUT2D eigenvalue weighted by atomic mass is 19.1. The number of nitrogens with one attached hydrogen (secondary N) is 1. The predicted molar refractivity (Wildman–Crippen MR) is 71.8 cm³/mol. The first-order valence-corrected chi connectivity index (χ1v) is 6.06. The summed E-state index contributed by atoms with van der Waals surface area (Å²) in [6, 6.07) is 5.07. The maximum Gasteiger partial charge on any atom is 0.207 e. The summed E-state index contributed by atoms with van der Waals surface area (Å²) in [6.07, 6.45) is 1.95. The zero-order chi connectivity index (χ0) is 13.3. The lowest BCUT2D eigenvalue weighted by Gasteiger charge is -2.14. The van der Waals surface area contributed by atoms with Gasteiger partial charge in [-0.3, -0.25) is 4.57 Å². The van der Waals surface area contributed by atoms with Gasteiger partial charge in [-0.2, -0.15) is 0 Å². The van der Waals surface area contributed by atoms with Gasteiger partial charge in [0.25, 0.3) is 0 Å². The lowest BCUT2D eigenvalue weighted by atomic mass is 10.2. The van der Waals surface area contributed by atoms with Crippen molar-refractivity contribution >= 4 is 5.95 Å². The van der Waals surface area contributed by atoms with Crippen molar-refractivity contribution < 1.29 is 4.39 Å². The fourth-order valence-corrected chi connectivity index (χ4v) is 1.93. The number of halogens is 1. The predicted octanol–water partition coefficient (Wildman–Crippen LogP) is 3.45. The summed E-state index contributed by atoms with van der Waals surface area (Å²) >= 11 is 0. The van der Waals surface area contributed by atoms with Crippen LogP contribution >= 0.6 is 0 Å². The fourth-order valence-electron chi connectivity index (χ4n) is 1.93. The molecule has 0 bridgehead atoms. The van der Waals surface area contributed by atoms with E-state index in [2.05, 4.69) is 24.1 Å². The molecule has 1 aromatic heterocycles. The normalized spacial score (nSPS) is 11.0. The highest BCUT2D eigenvalue weighted by molar-refractivity contribution is 5.48. The molecule has 2 aromatic rings. The molecule has 3 nitrogen and oxygen atoms in total. The molecule has 0 fully saturated rings. The van der Waals surface area contributed by atoms with Crippen molar-refractivity contribution in [3.05, 3.63) is 41.5 Å². The molecule has 96 valence electrons. The van der Waals surface area contributed by atoms with Crippen LogP contribution in [0.15, 0.2) is 24.4 Å². The molecule has 0 saturated heterocycles. The second kappa shape index (κ2) is 4.80. The van der Waals surface area contributed by atoms with Gasteiger partial charge >= 0.3 is 0 Å². The molecule has 0 amide bonds. The molecule has 0 unspecified atom stereocenters. The molecule has 1 heterocycles. The molecular formula is C14H18FN3. The summed E-state index contributed by atoms with van der Waals surface area (Å²) in [6.45, 7) is 7.96. The molecule has 0 radical (unpaired) electrons. The van der Waals surface area contributed by atoms with Gasteiger partial charge in [-0.05, 0) is 51.5 Å². The van der Waals surface area contributed by atoms with E-state index in [4.69, 9.17) is 0 Å². The molecule has 0 atom stereocenters. The molecule has 0 aliphatic heterocycles. The zero-order valence-electron chi connectivity index (χ0n) is 11.2. The lowest BCUT2D eigenvalue weighted by Crippen LogP contribution is -2.14. The molecular weight excluding hydrogens is 229 g/mol. The Morgan fingerprint density at radius 2 is 2.00 bits per heavy atom. The number of aryl methyl sites for hydroxylation is 2. The topological polar surface area (TPSA) is 29.9 Å². The summed E-state index contributed by atoms with van der Waals surface area (Å²) < 4.78 is 15.1. The van der Waals surface area contributed by atoms with E-state index in [1.54, 1.807) is 6.07 Å². The number of anilines is 1. The van der Waals surface area contributed by atoms with E-state index in [1.165, 1.54) is 12.1 Å². The van der Waals surface area contributed by atoms with Crippen LogP contribution in [0.2, 0.25) is 0 Å². The second-order valence-corrected chi connectivity index (χ2v) is 4.81. The second-order valence-electron chi connectivity index (χ2n) is 4.81. The molecule has 4 heteroatoms. The number of hydrogen-bond donors (Lipinski definition) is 1. The Morgan fingerprint density at radius 3 is 2.61 bits per heavy atom. The first-order chi connectivity index (χ1) is 8.47. The van der Waals surface area contributed by atoms with Gasteiger partial charge in [-0.15, -0.1) is 0 Å². The van der Waals surface area contributed by atoms with Crippen molar-refractivity contribution in [3.63, 3.8) is 0 Å². The molecule has 1 N–H and O–H groups in total. The first kappa shape index (κ1) is 12.6. The van der Waals surface area contributed by atoms with Crippen LogP contribution in [-0.4, -0.2) is 15.6 Å². The molecule has 2 rings (SSSR count). The van der Waals surface area contributed by atoms with Gasteiger partial charge in [-0.1, -0.05) is 0 Å². The van der Waals surface area contributed by atoms with Crippen LogP contribution in [0, 0.1) is 19.7 Å². The van der Waals surface area contributed by atoms with Gasteiger partial charge in [0.1, 0.15) is 5.82 Å². The van der Waals surface area contributed by atoms with E-state index < -0.39 is 0 Å². The number of benzene rings is 1. The summed E-state index contributed by atoms with van der Waals surface area (Å²) in [5.74, 6) is 0.573. The van der Waals surface area contributed by atoms with Crippen molar-refractivity contribution in [1.29, 1.82) is 0 Å². The zero-order valence-corrected chi connectivity index (χ0v) is 11.2. The molecule has 1 aromatic carbocycles. The van der Waals surface area contributed by atoms with E-state index in [9.17, 15) is 4.39 Å². The Labute approximate surface area is 107 Å². The Balaban J connectivity index is 2.49. The van der Waals surface area contributed by atoms with Gasteiger partial charge in [0.2, 0.25) is 5.95 Å². The summed E-state index contributed by atoms with van der Waals surface area (Å²) in [7, 11) is 0. The fraction of sp³-hybridized carbons (Fsp3) is 0.357. The third-order valence-corrected chi connectivity index (χ3v) is 2.66. The lowest BCUT2D eigenvalue weighted by molar-refractivity contribution is 0.626. The van der Waals surface area contributed by atoms with Crippen LogP contribution in [0.3, 0.4) is 0 Å². The minimum atomic E-state index is -0.216. The SMILES string of the molecule is Cc1cn(-c2ccc(F)cc2C)c(NC(C)C)n1. The van der Waals surface area contributed by atoms with E-state index in [0.29, 0.717) is 6.04 Å². The van der Waals surface area contributed by atoms with Gasteiger partial charge < -0.3 is 5.32 Å². The Morgan fingerprint density at radius 1 is 1.28 bits per heavy atom. The van der Waals surface area contributed by atoms with Crippen LogP contribution in [-0.2, 0) is 0 Å². The maximum absolute atomic E-state index is 13.1. The van der Waals surface area contributed by atoms with Crippen molar-refractivity contribution in [2.75, 3.05) is 5.32 Å². The van der Waals surface area contributed by atoms with E-state index in [1.807, 2.05) is 24.6 Å². The maximum atomic E-state index is 13.1. The highest BCUT2D eigenvalue weighted by Crippen LogP contribution is 2.21. The molecule has 0 aliphatic rings. The number of nitrogens with zero attached hydrogens (tertiary/aromatic N) is 2. The van der Waals surface area contributed by atoms with E-state index in [-0.39, 0.29) is 5.82 Å². The molecule has 0 saturated carbocycles. The average molecular weight is 247 g/mol. The quantitative estimate of drug-likeness (QED) is 0.900. The van der Waals surface area contributed by atoms with Crippen molar-refractivity contribution in [2.45, 2.75) is 33.7 Å². The van der Waals surface area contributed by atoms with Crippen LogP contribution in [0.25, 0.3) is 5.69 Å². The highest BCUT2D eigenvalue weighted by Gasteiger charge is 2.10. The largest absolute Gasteiger partial charge is 0.353 e. The number of hydrogen-bond acceptors (Lipinski definition) is 2. The minimum absolute atomic E-state index is 0.216.